The highest BCUT2D eigenvalue weighted by Gasteiger charge is 2.35. The van der Waals surface area contributed by atoms with Gasteiger partial charge < -0.3 is 15.2 Å². The fourth-order valence-corrected chi connectivity index (χ4v) is 5.60. The minimum atomic E-state index is -0.599. The van der Waals surface area contributed by atoms with Crippen molar-refractivity contribution < 1.29 is 9.84 Å². The molecule has 2 fully saturated rings. The van der Waals surface area contributed by atoms with Crippen molar-refractivity contribution in [3.05, 3.63) is 63.1 Å². The first kappa shape index (κ1) is 25.0. The van der Waals surface area contributed by atoms with Gasteiger partial charge in [0.25, 0.3) is 0 Å². The molecule has 2 aromatic rings. The maximum Gasteiger partial charge on any atom is 0.124 e. The first-order chi connectivity index (χ1) is 15.8. The Morgan fingerprint density at radius 2 is 1.73 bits per heavy atom. The molecule has 2 saturated heterocycles. The number of ether oxygens (including phenoxy) is 1. The lowest BCUT2D eigenvalue weighted by Crippen LogP contribution is -2.59. The van der Waals surface area contributed by atoms with Crippen molar-refractivity contribution in [1.82, 2.24) is 15.1 Å². The van der Waals surface area contributed by atoms with E-state index in [1.165, 1.54) is 0 Å². The SMILES string of the molecule is CC1CN(CC2(O)CCN(Cc3cc(Br)ccc3OCc3ccc(Cl)cc3)CC2)CC(C)N1. The molecule has 0 radical (unpaired) electrons. The molecule has 0 aromatic heterocycles. The largest absolute Gasteiger partial charge is 0.489 e. The lowest BCUT2D eigenvalue weighted by molar-refractivity contribution is -0.0528. The van der Waals surface area contributed by atoms with Gasteiger partial charge in [-0.15, -0.1) is 0 Å². The number of likely N-dealkylation sites (tertiary alicyclic amines) is 1. The van der Waals surface area contributed by atoms with E-state index in [9.17, 15) is 5.11 Å². The van der Waals surface area contributed by atoms with Gasteiger partial charge in [-0.05, 0) is 62.6 Å². The highest BCUT2D eigenvalue weighted by molar-refractivity contribution is 9.10. The normalized spacial score (nSPS) is 24.0. The number of β-amino-alcohol motifs (C(OH)–C–C–N with tert-alkyl or cyclic N) is 1. The summed E-state index contributed by atoms with van der Waals surface area (Å²) in [5.74, 6) is 0.901. The van der Waals surface area contributed by atoms with E-state index in [1.807, 2.05) is 36.4 Å². The molecule has 0 spiro atoms. The Morgan fingerprint density at radius 3 is 2.39 bits per heavy atom. The minimum Gasteiger partial charge on any atom is -0.489 e. The van der Waals surface area contributed by atoms with Gasteiger partial charge in [-0.25, -0.2) is 0 Å². The maximum atomic E-state index is 11.3. The molecule has 0 amide bonds. The Morgan fingerprint density at radius 1 is 1.06 bits per heavy atom. The van der Waals surface area contributed by atoms with Crippen molar-refractivity contribution in [1.29, 1.82) is 0 Å². The zero-order valence-electron chi connectivity index (χ0n) is 19.6. The Labute approximate surface area is 211 Å². The molecule has 0 bridgehead atoms. The van der Waals surface area contributed by atoms with Crippen molar-refractivity contribution in [3.8, 4) is 5.75 Å². The first-order valence-corrected chi connectivity index (χ1v) is 13.0. The van der Waals surface area contributed by atoms with Gasteiger partial charge in [-0.3, -0.25) is 9.80 Å². The van der Waals surface area contributed by atoms with Gasteiger partial charge in [-0.1, -0.05) is 39.7 Å². The van der Waals surface area contributed by atoms with Crippen LogP contribution >= 0.6 is 27.5 Å². The summed E-state index contributed by atoms with van der Waals surface area (Å²) in [7, 11) is 0. The first-order valence-electron chi connectivity index (χ1n) is 11.9. The van der Waals surface area contributed by atoms with E-state index in [0.717, 1.165) is 78.5 Å². The number of aliphatic hydroxyl groups is 1. The Balaban J connectivity index is 1.33. The molecule has 0 aliphatic carbocycles. The number of piperidine rings is 1. The second-order valence-electron chi connectivity index (χ2n) is 9.83. The monoisotopic (exact) mass is 535 g/mol. The third-order valence-corrected chi connectivity index (χ3v) is 7.41. The summed E-state index contributed by atoms with van der Waals surface area (Å²) in [5, 5.41) is 15.6. The quantitative estimate of drug-likeness (QED) is 0.538. The summed E-state index contributed by atoms with van der Waals surface area (Å²) in [4.78, 5) is 4.85. The number of benzene rings is 2. The predicted molar refractivity (Wildman–Crippen MR) is 138 cm³/mol. The van der Waals surface area contributed by atoms with Crippen LogP contribution in [0.2, 0.25) is 5.02 Å². The fourth-order valence-electron chi connectivity index (χ4n) is 5.07. The lowest BCUT2D eigenvalue weighted by Gasteiger charge is -2.44. The van der Waals surface area contributed by atoms with Gasteiger partial charge in [-0.2, -0.15) is 0 Å². The number of hydrogen-bond acceptors (Lipinski definition) is 5. The molecule has 5 nitrogen and oxygen atoms in total. The molecule has 180 valence electrons. The Hall–Kier alpha value is -1.15. The molecule has 33 heavy (non-hydrogen) atoms. The molecule has 0 saturated carbocycles. The molecule has 7 heteroatoms. The third kappa shape index (κ3) is 7.17. The van der Waals surface area contributed by atoms with Crippen LogP contribution in [0, 0.1) is 0 Å². The summed E-state index contributed by atoms with van der Waals surface area (Å²) in [5.41, 5.74) is 1.65. The summed E-state index contributed by atoms with van der Waals surface area (Å²) in [6, 6.07) is 14.9. The van der Waals surface area contributed by atoms with Crippen molar-refractivity contribution >= 4 is 27.5 Å². The van der Waals surface area contributed by atoms with Crippen LogP contribution in [0.15, 0.2) is 46.9 Å². The number of piperazine rings is 1. The average Bonchev–Trinajstić information content (AvgIpc) is 2.75. The van der Waals surface area contributed by atoms with Crippen molar-refractivity contribution in [2.45, 2.75) is 57.5 Å². The highest BCUT2D eigenvalue weighted by atomic mass is 79.9. The van der Waals surface area contributed by atoms with Crippen LogP contribution in [0.5, 0.6) is 5.75 Å². The van der Waals surface area contributed by atoms with E-state index in [-0.39, 0.29) is 0 Å². The number of nitrogens with zero attached hydrogens (tertiary/aromatic N) is 2. The third-order valence-electron chi connectivity index (χ3n) is 6.66. The highest BCUT2D eigenvalue weighted by Crippen LogP contribution is 2.29. The Kier molecular flexibility index (Phi) is 8.37. The van der Waals surface area contributed by atoms with Crippen LogP contribution in [0.25, 0.3) is 0 Å². The maximum absolute atomic E-state index is 11.3. The van der Waals surface area contributed by atoms with Crippen LogP contribution in [-0.2, 0) is 13.2 Å². The lowest BCUT2D eigenvalue weighted by atomic mass is 9.90. The van der Waals surface area contributed by atoms with Crippen LogP contribution in [0.1, 0.15) is 37.8 Å². The molecule has 2 aliphatic heterocycles. The van der Waals surface area contributed by atoms with E-state index in [1.54, 1.807) is 0 Å². The van der Waals surface area contributed by atoms with Crippen LogP contribution in [0.3, 0.4) is 0 Å². The molecule has 2 aromatic carbocycles. The topological polar surface area (TPSA) is 48.0 Å². The number of nitrogens with one attached hydrogen (secondary N) is 1. The summed E-state index contributed by atoms with van der Waals surface area (Å²) in [6.07, 6.45) is 1.60. The number of halogens is 2. The van der Waals surface area contributed by atoms with Gasteiger partial charge in [0.1, 0.15) is 12.4 Å². The smallest absolute Gasteiger partial charge is 0.124 e. The van der Waals surface area contributed by atoms with Gasteiger partial charge in [0.2, 0.25) is 0 Å². The summed E-state index contributed by atoms with van der Waals surface area (Å²) >= 11 is 9.60. The number of rotatable bonds is 7. The van der Waals surface area contributed by atoms with Gasteiger partial charge in [0.05, 0.1) is 5.60 Å². The van der Waals surface area contributed by atoms with Crippen molar-refractivity contribution in [3.63, 3.8) is 0 Å². The zero-order valence-corrected chi connectivity index (χ0v) is 21.9. The Bertz CT molecular complexity index is 908. The summed E-state index contributed by atoms with van der Waals surface area (Å²) < 4.78 is 7.22. The molecular weight excluding hydrogens is 502 g/mol. The van der Waals surface area contributed by atoms with E-state index >= 15 is 0 Å². The summed E-state index contributed by atoms with van der Waals surface area (Å²) in [6.45, 7) is 10.3. The molecular formula is C26H35BrClN3O2. The van der Waals surface area contributed by atoms with Crippen molar-refractivity contribution in [2.24, 2.45) is 0 Å². The van der Waals surface area contributed by atoms with Crippen molar-refractivity contribution in [2.75, 3.05) is 32.7 Å². The van der Waals surface area contributed by atoms with Crippen LogP contribution < -0.4 is 10.1 Å². The van der Waals surface area contributed by atoms with E-state index < -0.39 is 5.60 Å². The van der Waals surface area contributed by atoms with Crippen LogP contribution in [-0.4, -0.2) is 65.3 Å². The molecule has 2 unspecified atom stereocenters. The minimum absolute atomic E-state index is 0.472. The van der Waals surface area contributed by atoms with Gasteiger partial charge >= 0.3 is 0 Å². The molecule has 2 N–H and O–H groups in total. The van der Waals surface area contributed by atoms with Gasteiger partial charge in [0, 0.05) is 66.4 Å². The van der Waals surface area contributed by atoms with E-state index in [2.05, 4.69) is 51.0 Å². The average molecular weight is 537 g/mol. The molecule has 2 heterocycles. The zero-order chi connectivity index (χ0) is 23.4. The second kappa shape index (κ2) is 11.1. The van der Waals surface area contributed by atoms with Crippen LogP contribution in [0.4, 0.5) is 0 Å². The molecule has 4 rings (SSSR count). The number of hydrogen-bond donors (Lipinski definition) is 2. The predicted octanol–water partition coefficient (Wildman–Crippen LogP) is 4.69. The van der Waals surface area contributed by atoms with E-state index in [4.69, 9.17) is 16.3 Å². The molecule has 2 aliphatic rings. The molecule has 2 atom stereocenters. The van der Waals surface area contributed by atoms with E-state index in [0.29, 0.717) is 18.7 Å². The van der Waals surface area contributed by atoms with Gasteiger partial charge in [0.15, 0.2) is 0 Å². The second-order valence-corrected chi connectivity index (χ2v) is 11.2. The fraction of sp³-hybridized carbons (Fsp3) is 0.538. The standard InChI is InChI=1S/C26H35BrClN3O2/c1-19-14-31(15-20(2)29-19)18-26(32)9-11-30(12-10-26)16-22-13-23(27)5-8-25(22)33-17-21-3-6-24(28)7-4-21/h3-8,13,19-20,29,32H,9-12,14-18H2,1-2H3.